The Morgan fingerprint density at radius 1 is 1.24 bits per heavy atom. The predicted molar refractivity (Wildman–Crippen MR) is 114 cm³/mol. The lowest BCUT2D eigenvalue weighted by Gasteiger charge is -2.31. The summed E-state index contributed by atoms with van der Waals surface area (Å²) >= 11 is 6.10. The van der Waals surface area contributed by atoms with Crippen LogP contribution in [0.3, 0.4) is 0 Å². The number of methoxy groups -OCH3 is 1. The second-order valence-electron chi connectivity index (χ2n) is 7.24. The van der Waals surface area contributed by atoms with Gasteiger partial charge in [-0.2, -0.15) is 4.31 Å². The monoisotopic (exact) mass is 436 g/mol. The zero-order chi connectivity index (χ0) is 21.2. The summed E-state index contributed by atoms with van der Waals surface area (Å²) in [6.45, 7) is 4.46. The Balaban J connectivity index is 1.76. The molecule has 1 aliphatic rings. The smallest absolute Gasteiger partial charge is 0.243 e. The maximum absolute atomic E-state index is 13.1. The van der Waals surface area contributed by atoms with Crippen LogP contribution in [0.5, 0.6) is 5.75 Å². The minimum atomic E-state index is -3.75. The van der Waals surface area contributed by atoms with Crippen molar-refractivity contribution >= 4 is 33.2 Å². The highest BCUT2D eigenvalue weighted by Crippen LogP contribution is 2.30. The molecule has 1 atom stereocenters. The van der Waals surface area contributed by atoms with Crippen LogP contribution in [0.25, 0.3) is 0 Å². The highest BCUT2D eigenvalue weighted by Gasteiger charge is 2.33. The number of carbonyl (C=O) groups is 1. The first-order valence-electron chi connectivity index (χ1n) is 9.45. The predicted octanol–water partition coefficient (Wildman–Crippen LogP) is 4.00. The molecule has 1 saturated heterocycles. The molecule has 2 aromatic carbocycles. The van der Waals surface area contributed by atoms with Crippen LogP contribution in [0.15, 0.2) is 41.3 Å². The Hall–Kier alpha value is -2.09. The van der Waals surface area contributed by atoms with Crippen LogP contribution >= 0.6 is 11.6 Å². The SMILES string of the molecule is COc1ccc(S(=O)(=O)N2CCCC(C(=O)Nc3cccc(C)c3C)C2)cc1Cl. The third kappa shape index (κ3) is 4.57. The van der Waals surface area contributed by atoms with E-state index in [0.717, 1.165) is 16.8 Å². The quantitative estimate of drug-likeness (QED) is 0.768. The number of ether oxygens (including phenoxy) is 1. The number of benzene rings is 2. The van der Waals surface area contributed by atoms with E-state index in [9.17, 15) is 13.2 Å². The van der Waals surface area contributed by atoms with Crippen LogP contribution in [0.2, 0.25) is 5.02 Å². The molecule has 0 spiro atoms. The number of anilines is 1. The van der Waals surface area contributed by atoms with E-state index in [1.54, 1.807) is 0 Å². The molecule has 8 heteroatoms. The summed E-state index contributed by atoms with van der Waals surface area (Å²) < 4.78 is 32.6. The molecule has 29 heavy (non-hydrogen) atoms. The summed E-state index contributed by atoms with van der Waals surface area (Å²) in [7, 11) is -2.28. The number of hydrogen-bond donors (Lipinski definition) is 1. The molecule has 1 amide bonds. The summed E-state index contributed by atoms with van der Waals surface area (Å²) in [5.74, 6) is -0.159. The second kappa shape index (κ2) is 8.73. The molecule has 156 valence electrons. The molecule has 1 fully saturated rings. The maximum atomic E-state index is 13.1. The lowest BCUT2D eigenvalue weighted by atomic mass is 9.98. The van der Waals surface area contributed by atoms with Crippen LogP contribution in [0.1, 0.15) is 24.0 Å². The fourth-order valence-electron chi connectivity index (χ4n) is 3.45. The number of halogens is 1. The van der Waals surface area contributed by atoms with Gasteiger partial charge < -0.3 is 10.1 Å². The van der Waals surface area contributed by atoms with Gasteiger partial charge >= 0.3 is 0 Å². The first-order valence-corrected chi connectivity index (χ1v) is 11.3. The van der Waals surface area contributed by atoms with E-state index in [1.807, 2.05) is 32.0 Å². The van der Waals surface area contributed by atoms with Crippen LogP contribution < -0.4 is 10.1 Å². The Kier molecular flexibility index (Phi) is 6.51. The molecule has 2 aromatic rings. The van der Waals surface area contributed by atoms with E-state index in [-0.39, 0.29) is 22.4 Å². The number of carbonyl (C=O) groups excluding carboxylic acids is 1. The van der Waals surface area contributed by atoms with Gasteiger partial charge in [0.25, 0.3) is 0 Å². The topological polar surface area (TPSA) is 75.7 Å². The summed E-state index contributed by atoms with van der Waals surface area (Å²) in [4.78, 5) is 12.9. The first-order chi connectivity index (χ1) is 13.7. The largest absolute Gasteiger partial charge is 0.495 e. The van der Waals surface area contributed by atoms with Crippen molar-refractivity contribution in [3.63, 3.8) is 0 Å². The second-order valence-corrected chi connectivity index (χ2v) is 9.58. The average molecular weight is 437 g/mol. The van der Waals surface area contributed by atoms with Crippen LogP contribution in [0, 0.1) is 19.8 Å². The summed E-state index contributed by atoms with van der Waals surface area (Å²) in [5.41, 5.74) is 2.86. The van der Waals surface area contributed by atoms with Crippen molar-refractivity contribution in [1.29, 1.82) is 0 Å². The molecule has 1 aliphatic heterocycles. The molecule has 0 saturated carbocycles. The number of nitrogens with zero attached hydrogens (tertiary/aromatic N) is 1. The molecule has 1 N–H and O–H groups in total. The van der Waals surface area contributed by atoms with Gasteiger partial charge in [-0.05, 0) is 62.1 Å². The molecule has 0 radical (unpaired) electrons. The van der Waals surface area contributed by atoms with Crippen LogP contribution in [-0.4, -0.2) is 38.8 Å². The van der Waals surface area contributed by atoms with Gasteiger partial charge in [0.1, 0.15) is 5.75 Å². The average Bonchev–Trinajstić information content (AvgIpc) is 2.71. The van der Waals surface area contributed by atoms with Crippen molar-refractivity contribution < 1.29 is 17.9 Å². The van der Waals surface area contributed by atoms with E-state index in [2.05, 4.69) is 5.32 Å². The van der Waals surface area contributed by atoms with Gasteiger partial charge in [-0.15, -0.1) is 0 Å². The van der Waals surface area contributed by atoms with E-state index >= 15 is 0 Å². The van der Waals surface area contributed by atoms with Crippen molar-refractivity contribution in [1.82, 2.24) is 4.31 Å². The number of nitrogens with one attached hydrogen (secondary N) is 1. The fraction of sp³-hybridized carbons (Fsp3) is 0.381. The Morgan fingerprint density at radius 3 is 2.69 bits per heavy atom. The van der Waals surface area contributed by atoms with Crippen LogP contribution in [0.4, 0.5) is 5.69 Å². The summed E-state index contributed by atoms with van der Waals surface area (Å²) in [6.07, 6.45) is 1.26. The van der Waals surface area contributed by atoms with E-state index in [4.69, 9.17) is 16.3 Å². The number of rotatable bonds is 5. The third-order valence-corrected chi connectivity index (χ3v) is 7.53. The normalized spacial score (nSPS) is 17.7. The number of sulfonamides is 1. The lowest BCUT2D eigenvalue weighted by Crippen LogP contribution is -2.43. The highest BCUT2D eigenvalue weighted by atomic mass is 35.5. The van der Waals surface area contributed by atoms with Gasteiger partial charge in [0.05, 0.1) is 22.9 Å². The van der Waals surface area contributed by atoms with Crippen molar-refractivity contribution in [2.45, 2.75) is 31.6 Å². The summed E-state index contributed by atoms with van der Waals surface area (Å²) in [6, 6.07) is 10.1. The van der Waals surface area contributed by atoms with E-state index in [0.29, 0.717) is 25.1 Å². The standard InChI is InChI=1S/C21H25ClN2O4S/c1-14-6-4-8-19(15(14)2)23-21(25)16-7-5-11-24(13-16)29(26,27)17-9-10-20(28-3)18(22)12-17/h4,6,8-10,12,16H,5,7,11,13H2,1-3H3,(H,23,25). The zero-order valence-electron chi connectivity index (χ0n) is 16.7. The molecular formula is C21H25ClN2O4S. The fourth-order valence-corrected chi connectivity index (χ4v) is 5.33. The molecule has 0 aliphatic carbocycles. The number of piperidine rings is 1. The maximum Gasteiger partial charge on any atom is 0.243 e. The van der Waals surface area contributed by atoms with Crippen LogP contribution in [-0.2, 0) is 14.8 Å². The first kappa shape index (κ1) is 21.6. The highest BCUT2D eigenvalue weighted by molar-refractivity contribution is 7.89. The van der Waals surface area contributed by atoms with Crippen molar-refractivity contribution in [3.05, 3.63) is 52.5 Å². The van der Waals surface area contributed by atoms with Crippen molar-refractivity contribution in [2.24, 2.45) is 5.92 Å². The lowest BCUT2D eigenvalue weighted by molar-refractivity contribution is -0.120. The molecule has 1 unspecified atom stereocenters. The Labute approximate surface area is 176 Å². The molecule has 0 aromatic heterocycles. The zero-order valence-corrected chi connectivity index (χ0v) is 18.3. The summed E-state index contributed by atoms with van der Waals surface area (Å²) in [5, 5.41) is 3.19. The van der Waals surface area contributed by atoms with E-state index in [1.165, 1.54) is 29.6 Å². The van der Waals surface area contributed by atoms with Gasteiger partial charge in [0.2, 0.25) is 15.9 Å². The molecule has 1 heterocycles. The van der Waals surface area contributed by atoms with Gasteiger partial charge in [-0.25, -0.2) is 8.42 Å². The molecular weight excluding hydrogens is 412 g/mol. The Morgan fingerprint density at radius 2 is 2.00 bits per heavy atom. The van der Waals surface area contributed by atoms with Gasteiger partial charge in [-0.1, -0.05) is 23.7 Å². The van der Waals surface area contributed by atoms with E-state index < -0.39 is 15.9 Å². The molecule has 0 bridgehead atoms. The molecule has 6 nitrogen and oxygen atoms in total. The minimum absolute atomic E-state index is 0.0962. The molecule has 3 rings (SSSR count). The number of hydrogen-bond acceptors (Lipinski definition) is 4. The van der Waals surface area contributed by atoms with Gasteiger partial charge in [0.15, 0.2) is 0 Å². The van der Waals surface area contributed by atoms with Crippen molar-refractivity contribution in [2.75, 3.05) is 25.5 Å². The number of amides is 1. The van der Waals surface area contributed by atoms with Gasteiger partial charge in [-0.3, -0.25) is 4.79 Å². The number of aryl methyl sites for hydroxylation is 1. The van der Waals surface area contributed by atoms with Crippen molar-refractivity contribution in [3.8, 4) is 5.75 Å². The minimum Gasteiger partial charge on any atom is -0.495 e. The third-order valence-electron chi connectivity index (χ3n) is 5.38. The Bertz CT molecular complexity index is 1020. The van der Waals surface area contributed by atoms with Gasteiger partial charge in [0, 0.05) is 18.8 Å².